The molecule has 6 nitrogen and oxygen atoms in total. The fourth-order valence-corrected chi connectivity index (χ4v) is 2.82. The van der Waals surface area contributed by atoms with E-state index in [0.717, 1.165) is 24.6 Å². The Morgan fingerprint density at radius 2 is 1.59 bits per heavy atom. The molecule has 0 heterocycles. The zero-order valence-electron chi connectivity index (χ0n) is 17.3. The van der Waals surface area contributed by atoms with Crippen LogP contribution in [0.5, 0.6) is 0 Å². The lowest BCUT2D eigenvalue weighted by Gasteiger charge is -2.30. The van der Waals surface area contributed by atoms with Crippen LogP contribution in [0.25, 0.3) is 0 Å². The van der Waals surface area contributed by atoms with E-state index in [1.165, 1.54) is 0 Å². The molecule has 1 aromatic rings. The number of carbonyl (C=O) groups is 1. The van der Waals surface area contributed by atoms with Gasteiger partial charge in [0.1, 0.15) is 0 Å². The SMILES string of the molecule is CN=C(NCCC(=O)NCc1ccccc1)NCCN(C(C)C)C(C)C.I. The highest BCUT2D eigenvalue weighted by molar-refractivity contribution is 14.0. The second-order valence-electron chi connectivity index (χ2n) is 6.86. The number of aliphatic imine (C=N–C) groups is 1. The summed E-state index contributed by atoms with van der Waals surface area (Å²) in [5.74, 6) is 0.760. The van der Waals surface area contributed by atoms with Crippen LogP contribution in [0, 0.1) is 0 Å². The first kappa shape index (κ1) is 25.6. The number of nitrogens with one attached hydrogen (secondary N) is 3. The highest BCUT2D eigenvalue weighted by Crippen LogP contribution is 2.03. The molecule has 7 heteroatoms. The molecule has 0 aliphatic carbocycles. The topological polar surface area (TPSA) is 68.8 Å². The first-order valence-electron chi connectivity index (χ1n) is 9.45. The molecular weight excluding hydrogens is 453 g/mol. The number of hydrogen-bond acceptors (Lipinski definition) is 3. The summed E-state index contributed by atoms with van der Waals surface area (Å²) in [6.07, 6.45) is 0.414. The Balaban J connectivity index is 0.00000676. The quantitative estimate of drug-likeness (QED) is 0.269. The number of halogens is 1. The molecule has 0 saturated carbocycles. The molecule has 1 aromatic carbocycles. The van der Waals surface area contributed by atoms with Gasteiger partial charge < -0.3 is 16.0 Å². The molecule has 0 radical (unpaired) electrons. The Labute approximate surface area is 181 Å². The maximum absolute atomic E-state index is 11.9. The van der Waals surface area contributed by atoms with Crippen molar-refractivity contribution < 1.29 is 4.79 Å². The fraction of sp³-hybridized carbons (Fsp3) is 0.600. The minimum Gasteiger partial charge on any atom is -0.356 e. The van der Waals surface area contributed by atoms with Crippen LogP contribution in [0.4, 0.5) is 0 Å². The maximum Gasteiger partial charge on any atom is 0.222 e. The van der Waals surface area contributed by atoms with Gasteiger partial charge in [0.2, 0.25) is 5.91 Å². The molecule has 0 aromatic heterocycles. The number of carbonyl (C=O) groups excluding carboxylic acids is 1. The van der Waals surface area contributed by atoms with E-state index in [2.05, 4.69) is 53.5 Å². The van der Waals surface area contributed by atoms with E-state index >= 15 is 0 Å². The van der Waals surface area contributed by atoms with E-state index in [9.17, 15) is 4.79 Å². The monoisotopic (exact) mass is 489 g/mol. The minimum absolute atomic E-state index is 0. The lowest BCUT2D eigenvalue weighted by Crippen LogP contribution is -2.45. The van der Waals surface area contributed by atoms with E-state index in [0.29, 0.717) is 31.6 Å². The van der Waals surface area contributed by atoms with E-state index in [4.69, 9.17) is 0 Å². The summed E-state index contributed by atoms with van der Waals surface area (Å²) < 4.78 is 0. The molecular formula is C20H36IN5O. The molecule has 0 aliphatic rings. The largest absolute Gasteiger partial charge is 0.356 e. The summed E-state index contributed by atoms with van der Waals surface area (Å²) in [6, 6.07) is 10.9. The third kappa shape index (κ3) is 11.2. The predicted octanol–water partition coefficient (Wildman–Crippen LogP) is 2.59. The lowest BCUT2D eigenvalue weighted by molar-refractivity contribution is -0.121. The summed E-state index contributed by atoms with van der Waals surface area (Å²) in [5, 5.41) is 9.42. The van der Waals surface area contributed by atoms with Crippen LogP contribution in [0.2, 0.25) is 0 Å². The molecule has 154 valence electrons. The molecule has 27 heavy (non-hydrogen) atoms. The number of rotatable bonds is 10. The molecule has 0 atom stereocenters. The van der Waals surface area contributed by atoms with Gasteiger partial charge in [0.05, 0.1) is 0 Å². The van der Waals surface area contributed by atoms with Gasteiger partial charge in [0, 0.05) is 51.7 Å². The summed E-state index contributed by atoms with van der Waals surface area (Å²) >= 11 is 0. The summed E-state index contributed by atoms with van der Waals surface area (Å²) in [6.45, 7) is 11.7. The van der Waals surface area contributed by atoms with Gasteiger partial charge in [-0.2, -0.15) is 0 Å². The Morgan fingerprint density at radius 3 is 2.15 bits per heavy atom. The van der Waals surface area contributed by atoms with Crippen LogP contribution in [-0.4, -0.2) is 55.5 Å². The number of nitrogens with zero attached hydrogens (tertiary/aromatic N) is 2. The van der Waals surface area contributed by atoms with Gasteiger partial charge in [-0.05, 0) is 33.3 Å². The molecule has 0 aliphatic heterocycles. The first-order chi connectivity index (χ1) is 12.4. The van der Waals surface area contributed by atoms with Gasteiger partial charge in [-0.15, -0.1) is 24.0 Å². The summed E-state index contributed by atoms with van der Waals surface area (Å²) in [5.41, 5.74) is 1.10. The average Bonchev–Trinajstić information content (AvgIpc) is 2.62. The Morgan fingerprint density at radius 1 is 1.00 bits per heavy atom. The standard InChI is InChI=1S/C20H35N5O.HI/c1-16(2)25(17(3)4)14-13-23-20(21-5)22-12-11-19(26)24-15-18-9-7-6-8-10-18;/h6-10,16-17H,11-15H2,1-5H3,(H,24,26)(H2,21,22,23);1H. The van der Waals surface area contributed by atoms with Crippen molar-refractivity contribution in [2.24, 2.45) is 4.99 Å². The third-order valence-electron chi connectivity index (χ3n) is 4.19. The Bertz CT molecular complexity index is 541. The van der Waals surface area contributed by atoms with Crippen LogP contribution >= 0.6 is 24.0 Å². The normalized spacial score (nSPS) is 11.5. The molecule has 0 unspecified atom stereocenters. The second kappa shape index (κ2) is 14.7. The molecule has 1 amide bonds. The average molecular weight is 489 g/mol. The molecule has 3 N–H and O–H groups in total. The van der Waals surface area contributed by atoms with Crippen molar-refractivity contribution in [3.05, 3.63) is 35.9 Å². The first-order valence-corrected chi connectivity index (χ1v) is 9.45. The second-order valence-corrected chi connectivity index (χ2v) is 6.86. The molecule has 1 rings (SSSR count). The summed E-state index contributed by atoms with van der Waals surface area (Å²) in [7, 11) is 1.74. The van der Waals surface area contributed by atoms with Crippen molar-refractivity contribution in [1.82, 2.24) is 20.9 Å². The fourth-order valence-electron chi connectivity index (χ4n) is 2.82. The van der Waals surface area contributed by atoms with Crippen molar-refractivity contribution in [3.8, 4) is 0 Å². The Hall–Kier alpha value is -1.35. The Kier molecular flexibility index (Phi) is 13.9. The van der Waals surface area contributed by atoms with E-state index in [-0.39, 0.29) is 29.9 Å². The van der Waals surface area contributed by atoms with Gasteiger partial charge in [-0.3, -0.25) is 14.7 Å². The van der Waals surface area contributed by atoms with E-state index < -0.39 is 0 Å². The van der Waals surface area contributed by atoms with Gasteiger partial charge >= 0.3 is 0 Å². The van der Waals surface area contributed by atoms with Gasteiger partial charge in [0.15, 0.2) is 5.96 Å². The van der Waals surface area contributed by atoms with Gasteiger partial charge in [-0.1, -0.05) is 30.3 Å². The van der Waals surface area contributed by atoms with Crippen molar-refractivity contribution in [2.45, 2.75) is 52.7 Å². The zero-order valence-corrected chi connectivity index (χ0v) is 19.6. The van der Waals surface area contributed by atoms with Crippen LogP contribution in [0.1, 0.15) is 39.7 Å². The van der Waals surface area contributed by atoms with Crippen LogP contribution in [-0.2, 0) is 11.3 Å². The van der Waals surface area contributed by atoms with E-state index in [1.54, 1.807) is 7.05 Å². The molecule has 0 spiro atoms. The minimum atomic E-state index is 0. The highest BCUT2D eigenvalue weighted by atomic mass is 127. The van der Waals surface area contributed by atoms with Crippen LogP contribution in [0.15, 0.2) is 35.3 Å². The number of hydrogen-bond donors (Lipinski definition) is 3. The van der Waals surface area contributed by atoms with Gasteiger partial charge in [-0.25, -0.2) is 0 Å². The smallest absolute Gasteiger partial charge is 0.222 e. The maximum atomic E-state index is 11.9. The zero-order chi connectivity index (χ0) is 19.4. The lowest BCUT2D eigenvalue weighted by atomic mass is 10.2. The summed E-state index contributed by atoms with van der Waals surface area (Å²) in [4.78, 5) is 18.6. The molecule has 0 fully saturated rings. The number of amides is 1. The predicted molar refractivity (Wildman–Crippen MR) is 125 cm³/mol. The third-order valence-corrected chi connectivity index (χ3v) is 4.19. The highest BCUT2D eigenvalue weighted by Gasteiger charge is 2.12. The van der Waals surface area contributed by atoms with Crippen molar-refractivity contribution in [1.29, 1.82) is 0 Å². The van der Waals surface area contributed by atoms with Crippen molar-refractivity contribution in [2.75, 3.05) is 26.7 Å². The molecule has 0 saturated heterocycles. The number of benzene rings is 1. The van der Waals surface area contributed by atoms with Gasteiger partial charge in [0.25, 0.3) is 0 Å². The van der Waals surface area contributed by atoms with Crippen LogP contribution in [0.3, 0.4) is 0 Å². The van der Waals surface area contributed by atoms with Crippen molar-refractivity contribution in [3.63, 3.8) is 0 Å². The van der Waals surface area contributed by atoms with Crippen LogP contribution < -0.4 is 16.0 Å². The molecule has 0 bridgehead atoms. The number of guanidine groups is 1. The van der Waals surface area contributed by atoms with Crippen molar-refractivity contribution >= 4 is 35.8 Å². The van der Waals surface area contributed by atoms with E-state index in [1.807, 2.05) is 30.3 Å².